The van der Waals surface area contributed by atoms with E-state index in [1.54, 1.807) is 36.4 Å². The molecule has 0 fully saturated rings. The van der Waals surface area contributed by atoms with Crippen molar-refractivity contribution in [1.29, 1.82) is 0 Å². The van der Waals surface area contributed by atoms with Gasteiger partial charge in [-0.15, -0.1) is 0 Å². The van der Waals surface area contributed by atoms with Crippen LogP contribution in [0.25, 0.3) is 0 Å². The largest absolute Gasteiger partial charge is 0.399 e. The molecule has 0 aromatic heterocycles. The van der Waals surface area contributed by atoms with Crippen LogP contribution in [-0.2, 0) is 57.0 Å². The minimum atomic E-state index is -4.01. The van der Waals surface area contributed by atoms with Crippen molar-refractivity contribution in [3.05, 3.63) is 124 Å². The number of urea groups is 1. The number of sulfonamides is 1. The lowest BCUT2D eigenvalue weighted by Crippen LogP contribution is -2.45. The summed E-state index contributed by atoms with van der Waals surface area (Å²) in [5, 5.41) is 3.31. The number of Topliss-reactive ketones (excluding diaryl/α,β-unsaturated/α-hetero) is 1. The fourth-order valence-corrected chi connectivity index (χ4v) is 7.88. The van der Waals surface area contributed by atoms with Crippen molar-refractivity contribution in [3.8, 4) is 0 Å². The smallest absolute Gasteiger partial charge is 0.331 e. The number of nitrogens with two attached hydrogens (primary N) is 1. The minimum Gasteiger partial charge on any atom is -0.399 e. The summed E-state index contributed by atoms with van der Waals surface area (Å²) in [6, 6.07) is 23.4. The molecule has 0 bridgehead atoms. The van der Waals surface area contributed by atoms with Crippen LogP contribution in [0.4, 0.5) is 10.5 Å². The molecule has 10 nitrogen and oxygen atoms in total. The average Bonchev–Trinajstić information content (AvgIpc) is 3.04. The molecule has 4 aromatic rings. The summed E-state index contributed by atoms with van der Waals surface area (Å²) in [6.45, 7) is 6.28. The lowest BCUT2D eigenvalue weighted by molar-refractivity contribution is -0.116. The molecular formula is C36H40N4O6S2. The number of amides is 2. The van der Waals surface area contributed by atoms with Gasteiger partial charge in [-0.25, -0.2) is 26.4 Å². The fraction of sp³-hybridized carbons (Fsp3) is 0.278. The number of aryl methyl sites for hydroxylation is 2. The van der Waals surface area contributed by atoms with Gasteiger partial charge in [-0.2, -0.15) is 0 Å². The van der Waals surface area contributed by atoms with Gasteiger partial charge >= 0.3 is 6.03 Å². The van der Waals surface area contributed by atoms with Crippen molar-refractivity contribution < 1.29 is 26.4 Å². The van der Waals surface area contributed by atoms with Crippen LogP contribution in [0.2, 0.25) is 0 Å². The van der Waals surface area contributed by atoms with Crippen LogP contribution in [0.3, 0.4) is 0 Å². The molecule has 2 aliphatic rings. The molecule has 4 aromatic carbocycles. The normalized spacial score (nSPS) is 14.2. The topological polar surface area (TPSA) is 156 Å². The molecule has 0 saturated heterocycles. The van der Waals surface area contributed by atoms with Crippen LogP contribution in [0, 0.1) is 13.8 Å². The maximum absolute atomic E-state index is 12.8. The Bertz CT molecular complexity index is 2030. The number of benzene rings is 4. The zero-order valence-electron chi connectivity index (χ0n) is 27.0. The summed E-state index contributed by atoms with van der Waals surface area (Å²) in [5.41, 5.74) is 13.6. The summed E-state index contributed by atoms with van der Waals surface area (Å²) < 4.78 is 52.5. The maximum atomic E-state index is 12.8. The number of hydrogen-bond donors (Lipinski definition) is 3. The number of sulfone groups is 1. The predicted molar refractivity (Wildman–Crippen MR) is 186 cm³/mol. The Labute approximate surface area is 282 Å². The number of carbonyl (C=O) groups excluding carboxylic acids is 2. The second-order valence-corrected chi connectivity index (χ2v) is 15.9. The summed E-state index contributed by atoms with van der Waals surface area (Å²) >= 11 is 0. The van der Waals surface area contributed by atoms with Gasteiger partial charge in [-0.3, -0.25) is 4.79 Å². The molecule has 252 valence electrons. The van der Waals surface area contributed by atoms with Crippen LogP contribution in [-0.4, -0.2) is 52.4 Å². The van der Waals surface area contributed by atoms with E-state index in [4.69, 9.17) is 5.73 Å². The van der Waals surface area contributed by atoms with Crippen molar-refractivity contribution in [2.75, 3.05) is 24.6 Å². The Balaban J connectivity index is 0.000000343. The first kappa shape index (κ1) is 34.8. The van der Waals surface area contributed by atoms with Gasteiger partial charge in [0.15, 0.2) is 15.6 Å². The molecule has 0 aliphatic carbocycles. The summed E-state index contributed by atoms with van der Waals surface area (Å²) in [6.07, 6.45) is 1.60. The Morgan fingerprint density at radius 2 is 1.40 bits per heavy atom. The summed E-state index contributed by atoms with van der Waals surface area (Å²) in [5.74, 6) is -1.03. The van der Waals surface area contributed by atoms with Gasteiger partial charge in [0.1, 0.15) is 5.75 Å². The number of nitrogen functional groups attached to an aromatic ring is 1. The van der Waals surface area contributed by atoms with Crippen LogP contribution >= 0.6 is 0 Å². The van der Waals surface area contributed by atoms with Gasteiger partial charge in [0.05, 0.1) is 9.79 Å². The van der Waals surface area contributed by atoms with Gasteiger partial charge in [-0.05, 0) is 97.4 Å². The number of fused-ring (bicyclic) bond motifs is 2. The highest BCUT2D eigenvalue weighted by molar-refractivity contribution is 7.92. The lowest BCUT2D eigenvalue weighted by atomic mass is 9.96. The zero-order valence-corrected chi connectivity index (χ0v) is 28.7. The van der Waals surface area contributed by atoms with E-state index in [0.29, 0.717) is 18.5 Å². The van der Waals surface area contributed by atoms with Gasteiger partial charge < -0.3 is 16.0 Å². The minimum absolute atomic E-state index is 0.00486. The monoisotopic (exact) mass is 688 g/mol. The van der Waals surface area contributed by atoms with E-state index in [1.807, 2.05) is 26.0 Å². The highest BCUT2D eigenvalue weighted by atomic mass is 32.2. The first-order chi connectivity index (χ1) is 22.8. The van der Waals surface area contributed by atoms with E-state index < -0.39 is 37.4 Å². The quantitative estimate of drug-likeness (QED) is 0.243. The molecule has 2 amide bonds. The standard InChI is InChI=1S/C27H28N2O6S2.C9H12N2/c1-19-3-9-25(10-4-19)36(32,33)18-24(30)16-21-7-8-22-13-14-29(17-23(22)15-21)27(31)28-37(34,35)26-11-5-20(2)6-12-26;10-9-2-1-7-3-4-11-6-8(7)5-9/h3-12,15H,13-14,16-18H2,1-2H3,(H,28,31);1-2,5,11H,3-4,6,10H2. The van der Waals surface area contributed by atoms with Gasteiger partial charge in [0.2, 0.25) is 0 Å². The number of nitrogens with zero attached hydrogens (tertiary/aromatic N) is 1. The second kappa shape index (κ2) is 14.7. The molecule has 4 N–H and O–H groups in total. The Morgan fingerprint density at radius 1 is 0.771 bits per heavy atom. The molecule has 0 atom stereocenters. The van der Waals surface area contributed by atoms with Crippen LogP contribution in [0.5, 0.6) is 0 Å². The van der Waals surface area contributed by atoms with Gasteiger partial charge in [0, 0.05) is 31.7 Å². The Morgan fingerprint density at radius 3 is 2.08 bits per heavy atom. The summed E-state index contributed by atoms with van der Waals surface area (Å²) in [4.78, 5) is 26.9. The number of hydrogen-bond acceptors (Lipinski definition) is 8. The van der Waals surface area contributed by atoms with Gasteiger partial charge in [0.25, 0.3) is 10.0 Å². The molecule has 48 heavy (non-hydrogen) atoms. The maximum Gasteiger partial charge on any atom is 0.331 e. The van der Waals surface area contributed by atoms with E-state index >= 15 is 0 Å². The number of nitrogens with one attached hydrogen (secondary N) is 2. The van der Waals surface area contributed by atoms with Crippen molar-refractivity contribution in [2.45, 2.75) is 56.0 Å². The van der Waals surface area contributed by atoms with Crippen LogP contribution in [0.15, 0.2) is 94.7 Å². The van der Waals surface area contributed by atoms with E-state index in [9.17, 15) is 26.4 Å². The number of rotatable bonds is 7. The Hall–Kier alpha value is -4.52. The van der Waals surface area contributed by atoms with Crippen molar-refractivity contribution in [2.24, 2.45) is 0 Å². The SMILES string of the molecule is Cc1ccc(S(=O)(=O)CC(=O)Cc2ccc3c(c2)CN(C(=O)NS(=O)(=O)c2ccc(C)cc2)CC3)cc1.Nc1ccc2c(c1)CNCC2. The second-order valence-electron chi connectivity index (χ2n) is 12.2. The molecular weight excluding hydrogens is 649 g/mol. The molecule has 12 heteroatoms. The van der Waals surface area contributed by atoms with Crippen molar-refractivity contribution >= 4 is 37.4 Å². The molecule has 2 heterocycles. The first-order valence-electron chi connectivity index (χ1n) is 15.7. The van der Waals surface area contributed by atoms with E-state index in [-0.39, 0.29) is 22.8 Å². The summed E-state index contributed by atoms with van der Waals surface area (Å²) in [7, 11) is -7.76. The lowest BCUT2D eigenvalue weighted by Gasteiger charge is -2.29. The fourth-order valence-electron chi connectivity index (χ4n) is 5.67. The molecule has 0 unspecified atom stereocenters. The molecule has 6 rings (SSSR count). The Kier molecular flexibility index (Phi) is 10.7. The van der Waals surface area contributed by atoms with Crippen LogP contribution < -0.4 is 15.8 Å². The molecule has 0 saturated carbocycles. The third-order valence-corrected chi connectivity index (χ3v) is 11.4. The predicted octanol–water partition coefficient (Wildman–Crippen LogP) is 4.26. The highest BCUT2D eigenvalue weighted by Gasteiger charge is 2.26. The molecule has 0 spiro atoms. The van der Waals surface area contributed by atoms with Crippen molar-refractivity contribution in [1.82, 2.24) is 14.9 Å². The molecule has 2 aliphatic heterocycles. The van der Waals surface area contributed by atoms with Gasteiger partial charge in [-0.1, -0.05) is 59.7 Å². The third kappa shape index (κ3) is 8.88. The van der Waals surface area contributed by atoms with E-state index in [2.05, 4.69) is 22.2 Å². The number of anilines is 1. The number of carbonyl (C=O) groups is 2. The number of ketones is 1. The van der Waals surface area contributed by atoms with E-state index in [0.717, 1.165) is 47.5 Å². The third-order valence-electron chi connectivity index (χ3n) is 8.37. The van der Waals surface area contributed by atoms with Crippen LogP contribution in [0.1, 0.15) is 38.9 Å². The van der Waals surface area contributed by atoms with E-state index in [1.165, 1.54) is 40.3 Å². The average molecular weight is 689 g/mol. The zero-order chi connectivity index (χ0) is 34.5. The van der Waals surface area contributed by atoms with Crippen molar-refractivity contribution in [3.63, 3.8) is 0 Å². The molecule has 0 radical (unpaired) electrons. The first-order valence-corrected chi connectivity index (χ1v) is 18.8. The highest BCUT2D eigenvalue weighted by Crippen LogP contribution is 2.22.